The first-order valence-electron chi connectivity index (χ1n) is 11.9. The molecule has 1 saturated carbocycles. The quantitative estimate of drug-likeness (QED) is 0.336. The number of nitrogens with zero attached hydrogens (tertiary/aromatic N) is 2. The number of hydrogen-bond acceptors (Lipinski definition) is 5. The van der Waals surface area contributed by atoms with Crippen LogP contribution < -0.4 is 5.32 Å². The average molecular weight is 510 g/mol. The summed E-state index contributed by atoms with van der Waals surface area (Å²) in [4.78, 5) is 23.5. The standard InChI is InChI=1S/C26H27N3O5S.CH4/c30-26(20-8-2-10-22(16-20)29(31)32)27-25-11-3-7-19-17-23(12-13-24(19)25)35(33,34)28-14-4-6-18-5-1-9-21(28)15-18;/h2-3,7-8,10-13,16-18,21H,1,4-6,9,14-15H2,(H,27,30);1H4. The highest BCUT2D eigenvalue weighted by Crippen LogP contribution is 2.37. The summed E-state index contributed by atoms with van der Waals surface area (Å²) in [5.41, 5.74) is 0.512. The molecule has 9 heteroatoms. The Bertz CT molecular complexity index is 1410. The van der Waals surface area contributed by atoms with Crippen LogP contribution >= 0.6 is 0 Å². The van der Waals surface area contributed by atoms with Crippen LogP contribution in [-0.2, 0) is 10.0 Å². The van der Waals surface area contributed by atoms with Crippen molar-refractivity contribution in [2.75, 3.05) is 11.9 Å². The van der Waals surface area contributed by atoms with Gasteiger partial charge in [-0.05, 0) is 61.3 Å². The third-order valence-electron chi connectivity index (χ3n) is 7.18. The summed E-state index contributed by atoms with van der Waals surface area (Å²) < 4.78 is 28.9. The van der Waals surface area contributed by atoms with Crippen LogP contribution in [0.3, 0.4) is 0 Å². The molecular weight excluding hydrogens is 478 g/mol. The zero-order chi connectivity index (χ0) is 24.6. The van der Waals surface area contributed by atoms with Crippen LogP contribution in [0.4, 0.5) is 11.4 Å². The van der Waals surface area contributed by atoms with Crippen molar-refractivity contribution in [2.24, 2.45) is 5.92 Å². The molecule has 1 aliphatic carbocycles. The van der Waals surface area contributed by atoms with E-state index in [0.717, 1.165) is 32.1 Å². The van der Waals surface area contributed by atoms with Crippen molar-refractivity contribution in [3.8, 4) is 0 Å². The lowest BCUT2D eigenvalue weighted by atomic mass is 9.84. The van der Waals surface area contributed by atoms with Gasteiger partial charge in [0.1, 0.15) is 0 Å². The average Bonchev–Trinajstić information content (AvgIpc) is 3.01. The number of fused-ring (bicyclic) bond motifs is 3. The van der Waals surface area contributed by atoms with Crippen LogP contribution in [0.2, 0.25) is 0 Å². The summed E-state index contributed by atoms with van der Waals surface area (Å²) in [5, 5.41) is 15.2. The monoisotopic (exact) mass is 509 g/mol. The fourth-order valence-corrected chi connectivity index (χ4v) is 7.18. The number of rotatable bonds is 5. The third kappa shape index (κ3) is 4.99. The number of amides is 1. The van der Waals surface area contributed by atoms with Gasteiger partial charge in [0.05, 0.1) is 9.82 Å². The molecule has 36 heavy (non-hydrogen) atoms. The number of hydrogen-bond donors (Lipinski definition) is 1. The first-order chi connectivity index (χ1) is 16.8. The molecule has 190 valence electrons. The van der Waals surface area contributed by atoms with E-state index in [1.54, 1.807) is 34.6 Å². The normalized spacial score (nSPS) is 20.2. The first-order valence-corrected chi connectivity index (χ1v) is 13.4. The van der Waals surface area contributed by atoms with Gasteiger partial charge in [-0.2, -0.15) is 4.31 Å². The molecule has 8 nitrogen and oxygen atoms in total. The highest BCUT2D eigenvalue weighted by atomic mass is 32.2. The number of non-ortho nitro benzene ring substituents is 1. The van der Waals surface area contributed by atoms with Gasteiger partial charge in [-0.15, -0.1) is 0 Å². The minimum Gasteiger partial charge on any atom is -0.321 e. The van der Waals surface area contributed by atoms with Crippen LogP contribution in [-0.4, -0.2) is 36.1 Å². The number of carbonyl (C=O) groups excluding carboxylic acids is 1. The molecule has 0 radical (unpaired) electrons. The number of benzene rings is 3. The Morgan fingerprint density at radius 2 is 1.78 bits per heavy atom. The number of nitrogens with one attached hydrogen (secondary N) is 1. The highest BCUT2D eigenvalue weighted by molar-refractivity contribution is 7.89. The minimum atomic E-state index is -3.64. The Morgan fingerprint density at radius 1 is 1.00 bits per heavy atom. The number of carbonyl (C=O) groups is 1. The zero-order valence-corrected chi connectivity index (χ0v) is 20.0. The lowest BCUT2D eigenvalue weighted by Gasteiger charge is -2.33. The van der Waals surface area contributed by atoms with Crippen LogP contribution in [0.15, 0.2) is 65.6 Å². The summed E-state index contributed by atoms with van der Waals surface area (Å²) in [6.45, 7) is 0.556. The van der Waals surface area contributed by atoms with Crippen molar-refractivity contribution in [2.45, 2.75) is 56.9 Å². The van der Waals surface area contributed by atoms with Gasteiger partial charge >= 0.3 is 0 Å². The summed E-state index contributed by atoms with van der Waals surface area (Å²) >= 11 is 0. The molecule has 5 rings (SSSR count). The fraction of sp³-hybridized carbons (Fsp3) is 0.370. The van der Waals surface area contributed by atoms with E-state index < -0.39 is 20.9 Å². The summed E-state index contributed by atoms with van der Waals surface area (Å²) in [7, 11) is -3.64. The largest absolute Gasteiger partial charge is 0.321 e. The molecular formula is C27H31N3O5S. The second-order valence-corrected chi connectivity index (χ2v) is 11.3. The van der Waals surface area contributed by atoms with Gasteiger partial charge in [0, 0.05) is 41.4 Å². The van der Waals surface area contributed by atoms with Crippen molar-refractivity contribution >= 4 is 38.1 Å². The van der Waals surface area contributed by atoms with Crippen LogP contribution in [0.5, 0.6) is 0 Å². The zero-order valence-electron chi connectivity index (χ0n) is 19.2. The number of sulfonamides is 1. The van der Waals surface area contributed by atoms with E-state index in [9.17, 15) is 23.3 Å². The predicted molar refractivity (Wildman–Crippen MR) is 141 cm³/mol. The first kappa shape index (κ1) is 25.8. The summed E-state index contributed by atoms with van der Waals surface area (Å²) in [5.74, 6) is 0.150. The van der Waals surface area contributed by atoms with Gasteiger partial charge in [0.15, 0.2) is 0 Å². The van der Waals surface area contributed by atoms with Crippen molar-refractivity contribution in [1.82, 2.24) is 4.31 Å². The van der Waals surface area contributed by atoms with Gasteiger partial charge < -0.3 is 5.32 Å². The molecule has 1 N–H and O–H groups in total. The second kappa shape index (κ2) is 10.4. The Balaban J connectivity index is 0.00000304. The molecule has 2 atom stereocenters. The van der Waals surface area contributed by atoms with Crippen molar-refractivity contribution in [3.05, 3.63) is 76.3 Å². The molecule has 1 amide bonds. The van der Waals surface area contributed by atoms with E-state index in [1.165, 1.54) is 30.7 Å². The van der Waals surface area contributed by atoms with E-state index in [0.29, 0.717) is 28.9 Å². The minimum absolute atomic E-state index is 0. The number of nitro benzene ring substituents is 1. The Hall–Kier alpha value is -3.30. The topological polar surface area (TPSA) is 110 Å². The molecule has 1 aliphatic heterocycles. The molecule has 2 unspecified atom stereocenters. The lowest BCUT2D eigenvalue weighted by molar-refractivity contribution is -0.384. The van der Waals surface area contributed by atoms with Gasteiger partial charge in [-0.1, -0.05) is 44.5 Å². The summed E-state index contributed by atoms with van der Waals surface area (Å²) in [6, 6.07) is 15.9. The number of anilines is 1. The van der Waals surface area contributed by atoms with Crippen molar-refractivity contribution in [3.63, 3.8) is 0 Å². The SMILES string of the molecule is C.O=C(Nc1cccc2cc(S(=O)(=O)N3CCCC4CCCC3C4)ccc12)c1cccc([N+](=O)[O-])c1. The molecule has 2 bridgehead atoms. The Labute approximate surface area is 211 Å². The maximum atomic E-state index is 13.6. The van der Waals surface area contributed by atoms with E-state index in [2.05, 4.69) is 5.32 Å². The maximum Gasteiger partial charge on any atom is 0.270 e. The van der Waals surface area contributed by atoms with E-state index in [-0.39, 0.29) is 29.6 Å². The van der Waals surface area contributed by atoms with Gasteiger partial charge in [-0.3, -0.25) is 14.9 Å². The fourth-order valence-electron chi connectivity index (χ4n) is 5.44. The van der Waals surface area contributed by atoms with Crippen LogP contribution in [0.1, 0.15) is 56.3 Å². The molecule has 0 spiro atoms. The molecule has 3 aromatic rings. The Morgan fingerprint density at radius 3 is 2.58 bits per heavy atom. The molecule has 0 aromatic heterocycles. The van der Waals surface area contributed by atoms with E-state index in [1.807, 2.05) is 6.07 Å². The van der Waals surface area contributed by atoms with E-state index >= 15 is 0 Å². The number of nitro groups is 1. The lowest BCUT2D eigenvalue weighted by Crippen LogP contribution is -2.41. The molecule has 2 fully saturated rings. The second-order valence-electron chi connectivity index (χ2n) is 9.39. The smallest absolute Gasteiger partial charge is 0.270 e. The van der Waals surface area contributed by atoms with Crippen LogP contribution in [0.25, 0.3) is 10.8 Å². The van der Waals surface area contributed by atoms with Gasteiger partial charge in [0.25, 0.3) is 11.6 Å². The van der Waals surface area contributed by atoms with Gasteiger partial charge in [0.2, 0.25) is 10.0 Å². The summed E-state index contributed by atoms with van der Waals surface area (Å²) in [6.07, 6.45) is 6.12. The highest BCUT2D eigenvalue weighted by Gasteiger charge is 2.36. The molecule has 2 aliphatic rings. The molecule has 1 heterocycles. The Kier molecular flexibility index (Phi) is 7.42. The van der Waals surface area contributed by atoms with Gasteiger partial charge in [-0.25, -0.2) is 8.42 Å². The van der Waals surface area contributed by atoms with Crippen molar-refractivity contribution in [1.29, 1.82) is 0 Å². The van der Waals surface area contributed by atoms with E-state index in [4.69, 9.17) is 0 Å². The molecule has 1 saturated heterocycles. The maximum absolute atomic E-state index is 13.6. The third-order valence-corrected chi connectivity index (χ3v) is 9.13. The van der Waals surface area contributed by atoms with Crippen LogP contribution in [0, 0.1) is 16.0 Å². The van der Waals surface area contributed by atoms with Crippen molar-refractivity contribution < 1.29 is 18.1 Å². The predicted octanol–water partition coefficient (Wildman–Crippen LogP) is 5.98. The molecule has 3 aromatic carbocycles.